The lowest BCUT2D eigenvalue weighted by molar-refractivity contribution is -0.135. The fourth-order valence-corrected chi connectivity index (χ4v) is 3.13. The van der Waals surface area contributed by atoms with Crippen LogP contribution in [0.2, 0.25) is 0 Å². The molecule has 2 aromatic heterocycles. The third-order valence-corrected chi connectivity index (χ3v) is 4.64. The topological polar surface area (TPSA) is 67.9 Å². The molecule has 0 radical (unpaired) electrons. The molecule has 7 nitrogen and oxygen atoms in total. The number of aromatic nitrogens is 1. The highest BCUT2D eigenvalue weighted by atomic mass is 16.5. The summed E-state index contributed by atoms with van der Waals surface area (Å²) in [5.74, 6) is 0.943. The lowest BCUT2D eigenvalue weighted by Gasteiger charge is -2.22. The summed E-state index contributed by atoms with van der Waals surface area (Å²) >= 11 is 0. The molecule has 2 amide bonds. The van der Waals surface area contributed by atoms with Gasteiger partial charge in [-0.2, -0.15) is 0 Å². The zero-order chi connectivity index (χ0) is 20.5. The Hall–Kier alpha value is -2.54. The van der Waals surface area contributed by atoms with Gasteiger partial charge in [0.2, 0.25) is 5.91 Å². The van der Waals surface area contributed by atoms with Crippen LogP contribution >= 0.6 is 0 Å². The number of furan rings is 1. The van der Waals surface area contributed by atoms with Gasteiger partial charge in [-0.25, -0.2) is 0 Å². The monoisotopic (exact) mass is 389 g/mol. The molecule has 0 unspecified atom stereocenters. The third kappa shape index (κ3) is 5.48. The number of methoxy groups -OCH3 is 1. The Kier molecular flexibility index (Phi) is 8.32. The summed E-state index contributed by atoms with van der Waals surface area (Å²) in [4.78, 5) is 28.2. The van der Waals surface area contributed by atoms with Gasteiger partial charge in [0, 0.05) is 38.6 Å². The number of ether oxygens (including phenoxy) is 1. The van der Waals surface area contributed by atoms with Gasteiger partial charge >= 0.3 is 0 Å². The Morgan fingerprint density at radius 1 is 1.11 bits per heavy atom. The van der Waals surface area contributed by atoms with Crippen molar-refractivity contribution >= 4 is 11.8 Å². The second-order valence-electron chi connectivity index (χ2n) is 6.62. The SMILES string of the molecule is CCCN(Cc1cccn1Cc1ccc(C(=O)N(CC)CC)o1)C(=O)COC. The lowest BCUT2D eigenvalue weighted by Crippen LogP contribution is -2.34. The standard InChI is InChI=1S/C21H31N3O4/c1-5-12-24(20(25)16-27-4)14-17-9-8-13-23(17)15-18-10-11-19(28-18)21(26)22(6-2)7-3/h8-11,13H,5-7,12,14-16H2,1-4H3. The molecule has 7 heteroatoms. The normalized spacial score (nSPS) is 10.9. The summed E-state index contributed by atoms with van der Waals surface area (Å²) in [5.41, 5.74) is 1.01. The molecule has 0 fully saturated rings. The van der Waals surface area contributed by atoms with Crippen molar-refractivity contribution in [3.05, 3.63) is 47.7 Å². The van der Waals surface area contributed by atoms with Crippen LogP contribution in [-0.4, -0.2) is 59.5 Å². The Bertz CT molecular complexity index is 761. The first-order valence-electron chi connectivity index (χ1n) is 9.82. The molecular weight excluding hydrogens is 358 g/mol. The number of carbonyl (C=O) groups is 2. The molecule has 0 atom stereocenters. The minimum absolute atomic E-state index is 0.0257. The van der Waals surface area contributed by atoms with E-state index in [2.05, 4.69) is 0 Å². The van der Waals surface area contributed by atoms with Crippen LogP contribution in [0.5, 0.6) is 0 Å². The average molecular weight is 389 g/mol. The van der Waals surface area contributed by atoms with Crippen molar-refractivity contribution in [2.24, 2.45) is 0 Å². The molecule has 0 saturated heterocycles. The summed E-state index contributed by atoms with van der Waals surface area (Å²) in [6.07, 6.45) is 2.83. The van der Waals surface area contributed by atoms with Gasteiger partial charge in [0.05, 0.1) is 13.1 Å². The van der Waals surface area contributed by atoms with Gasteiger partial charge in [-0.3, -0.25) is 9.59 Å². The zero-order valence-corrected chi connectivity index (χ0v) is 17.3. The van der Waals surface area contributed by atoms with Crippen LogP contribution in [0.15, 0.2) is 34.9 Å². The first-order valence-corrected chi connectivity index (χ1v) is 9.82. The molecule has 0 N–H and O–H groups in total. The summed E-state index contributed by atoms with van der Waals surface area (Å²) < 4.78 is 12.8. The highest BCUT2D eigenvalue weighted by molar-refractivity contribution is 5.91. The maximum atomic E-state index is 12.4. The maximum Gasteiger partial charge on any atom is 0.289 e. The van der Waals surface area contributed by atoms with Gasteiger partial charge in [0.15, 0.2) is 5.76 Å². The lowest BCUT2D eigenvalue weighted by atomic mass is 10.3. The first kappa shape index (κ1) is 21.8. The molecule has 0 aliphatic heterocycles. The Balaban J connectivity index is 2.10. The Morgan fingerprint density at radius 3 is 2.50 bits per heavy atom. The predicted molar refractivity (Wildman–Crippen MR) is 107 cm³/mol. The second kappa shape index (κ2) is 10.7. The predicted octanol–water partition coefficient (Wildman–Crippen LogP) is 3.00. The van der Waals surface area contributed by atoms with Crippen molar-refractivity contribution in [3.63, 3.8) is 0 Å². The highest BCUT2D eigenvalue weighted by Crippen LogP contribution is 2.15. The number of hydrogen-bond donors (Lipinski definition) is 0. The van der Waals surface area contributed by atoms with Crippen LogP contribution in [0.4, 0.5) is 0 Å². The van der Waals surface area contributed by atoms with E-state index in [-0.39, 0.29) is 18.4 Å². The number of rotatable bonds is 11. The van der Waals surface area contributed by atoms with Crippen molar-refractivity contribution < 1.29 is 18.7 Å². The molecular formula is C21H31N3O4. The van der Waals surface area contributed by atoms with Crippen molar-refractivity contribution in [3.8, 4) is 0 Å². The van der Waals surface area contributed by atoms with E-state index in [0.29, 0.717) is 44.2 Å². The molecule has 0 bridgehead atoms. The summed E-state index contributed by atoms with van der Waals surface area (Å²) in [6, 6.07) is 7.50. The molecule has 2 heterocycles. The van der Waals surface area contributed by atoms with Crippen LogP contribution in [-0.2, 0) is 22.6 Å². The van der Waals surface area contributed by atoms with Crippen molar-refractivity contribution in [1.29, 1.82) is 0 Å². The van der Waals surface area contributed by atoms with E-state index < -0.39 is 0 Å². The van der Waals surface area contributed by atoms with E-state index in [1.165, 1.54) is 7.11 Å². The van der Waals surface area contributed by atoms with Crippen molar-refractivity contribution in [2.75, 3.05) is 33.4 Å². The van der Waals surface area contributed by atoms with Crippen LogP contribution < -0.4 is 0 Å². The van der Waals surface area contributed by atoms with E-state index in [9.17, 15) is 9.59 Å². The van der Waals surface area contributed by atoms with Gasteiger partial charge in [0.25, 0.3) is 5.91 Å². The number of hydrogen-bond acceptors (Lipinski definition) is 4. The number of amides is 2. The minimum Gasteiger partial charge on any atom is -0.454 e. The average Bonchev–Trinajstić information content (AvgIpc) is 3.32. The molecule has 0 aliphatic carbocycles. The highest BCUT2D eigenvalue weighted by Gasteiger charge is 2.18. The first-order chi connectivity index (χ1) is 13.5. The van der Waals surface area contributed by atoms with Crippen LogP contribution in [0.25, 0.3) is 0 Å². The minimum atomic E-state index is -0.0942. The van der Waals surface area contributed by atoms with Gasteiger partial charge in [-0.1, -0.05) is 6.92 Å². The Morgan fingerprint density at radius 2 is 1.86 bits per heavy atom. The molecule has 0 saturated carbocycles. The number of carbonyl (C=O) groups excluding carboxylic acids is 2. The van der Waals surface area contributed by atoms with Crippen LogP contribution in [0.3, 0.4) is 0 Å². The van der Waals surface area contributed by atoms with Crippen LogP contribution in [0.1, 0.15) is 49.2 Å². The summed E-state index contributed by atoms with van der Waals surface area (Å²) in [6.45, 7) is 9.01. The second-order valence-corrected chi connectivity index (χ2v) is 6.62. The fourth-order valence-electron chi connectivity index (χ4n) is 3.13. The van der Waals surface area contributed by atoms with Gasteiger partial charge in [-0.15, -0.1) is 0 Å². The smallest absolute Gasteiger partial charge is 0.289 e. The van der Waals surface area contributed by atoms with E-state index in [1.807, 2.05) is 49.7 Å². The van der Waals surface area contributed by atoms with E-state index in [1.54, 1.807) is 15.9 Å². The van der Waals surface area contributed by atoms with Gasteiger partial charge < -0.3 is 23.5 Å². The third-order valence-electron chi connectivity index (χ3n) is 4.64. The number of nitrogens with zero attached hydrogens (tertiary/aromatic N) is 3. The molecule has 2 rings (SSSR count). The zero-order valence-electron chi connectivity index (χ0n) is 17.3. The maximum absolute atomic E-state index is 12.4. The molecule has 154 valence electrons. The summed E-state index contributed by atoms with van der Waals surface area (Å²) in [5, 5.41) is 0. The van der Waals surface area contributed by atoms with E-state index >= 15 is 0 Å². The Labute approximate surface area is 166 Å². The van der Waals surface area contributed by atoms with Gasteiger partial charge in [0.1, 0.15) is 12.4 Å². The molecule has 28 heavy (non-hydrogen) atoms. The van der Waals surface area contributed by atoms with E-state index in [0.717, 1.165) is 12.1 Å². The molecule has 0 spiro atoms. The van der Waals surface area contributed by atoms with Crippen molar-refractivity contribution in [1.82, 2.24) is 14.4 Å². The van der Waals surface area contributed by atoms with Crippen LogP contribution in [0, 0.1) is 0 Å². The molecule has 0 aliphatic rings. The molecule has 0 aromatic carbocycles. The van der Waals surface area contributed by atoms with E-state index in [4.69, 9.17) is 9.15 Å². The quantitative estimate of drug-likeness (QED) is 0.592. The molecule has 2 aromatic rings. The largest absolute Gasteiger partial charge is 0.454 e. The fraction of sp³-hybridized carbons (Fsp3) is 0.524. The summed E-state index contributed by atoms with van der Waals surface area (Å²) in [7, 11) is 1.53. The van der Waals surface area contributed by atoms with Gasteiger partial charge in [-0.05, 0) is 44.5 Å². The van der Waals surface area contributed by atoms with Crippen molar-refractivity contribution in [2.45, 2.75) is 40.3 Å².